The number of aryl methyl sites for hydroxylation is 1. The SMILES string of the molecule is CNC1c2ccccc2CCC1S(=O)(=O)CC(=O)OC. The number of rotatable bonds is 4. The highest BCUT2D eigenvalue weighted by Crippen LogP contribution is 2.34. The zero-order chi connectivity index (χ0) is 14.8. The molecular formula is C14H19NO4S. The highest BCUT2D eigenvalue weighted by atomic mass is 32.2. The molecule has 6 heteroatoms. The van der Waals surface area contributed by atoms with E-state index in [-0.39, 0.29) is 6.04 Å². The molecule has 2 rings (SSSR count). The van der Waals surface area contributed by atoms with Gasteiger partial charge in [0.25, 0.3) is 0 Å². The molecule has 0 fully saturated rings. The molecule has 0 saturated heterocycles. The molecular weight excluding hydrogens is 278 g/mol. The molecule has 1 aliphatic rings. The zero-order valence-corrected chi connectivity index (χ0v) is 12.4. The van der Waals surface area contributed by atoms with E-state index in [2.05, 4.69) is 10.1 Å². The molecule has 20 heavy (non-hydrogen) atoms. The fourth-order valence-electron chi connectivity index (χ4n) is 2.79. The molecule has 0 bridgehead atoms. The number of ether oxygens (including phenoxy) is 1. The lowest BCUT2D eigenvalue weighted by Gasteiger charge is -2.32. The average molecular weight is 297 g/mol. The quantitative estimate of drug-likeness (QED) is 0.834. The highest BCUT2D eigenvalue weighted by Gasteiger charge is 2.38. The first-order chi connectivity index (χ1) is 9.49. The van der Waals surface area contributed by atoms with Crippen molar-refractivity contribution < 1.29 is 17.9 Å². The average Bonchev–Trinajstić information content (AvgIpc) is 2.45. The number of methoxy groups -OCH3 is 1. The van der Waals surface area contributed by atoms with E-state index in [9.17, 15) is 13.2 Å². The minimum atomic E-state index is -3.54. The molecule has 5 nitrogen and oxygen atoms in total. The predicted molar refractivity (Wildman–Crippen MR) is 76.2 cm³/mol. The molecule has 0 saturated carbocycles. The summed E-state index contributed by atoms with van der Waals surface area (Å²) in [7, 11) is -0.594. The molecule has 2 unspecified atom stereocenters. The Morgan fingerprint density at radius 2 is 2.10 bits per heavy atom. The lowest BCUT2D eigenvalue weighted by Crippen LogP contribution is -2.41. The van der Waals surface area contributed by atoms with E-state index in [0.717, 1.165) is 11.1 Å². The molecule has 0 spiro atoms. The van der Waals surface area contributed by atoms with Crippen LogP contribution in [0.25, 0.3) is 0 Å². The zero-order valence-electron chi connectivity index (χ0n) is 11.6. The van der Waals surface area contributed by atoms with Gasteiger partial charge in [-0.25, -0.2) is 8.42 Å². The Morgan fingerprint density at radius 3 is 2.75 bits per heavy atom. The van der Waals surface area contributed by atoms with Crippen molar-refractivity contribution in [3.05, 3.63) is 35.4 Å². The van der Waals surface area contributed by atoms with E-state index in [1.807, 2.05) is 24.3 Å². The van der Waals surface area contributed by atoms with E-state index in [1.165, 1.54) is 7.11 Å². The summed E-state index contributed by atoms with van der Waals surface area (Å²) < 4.78 is 29.3. The first-order valence-electron chi connectivity index (χ1n) is 6.53. The van der Waals surface area contributed by atoms with Crippen LogP contribution in [0.1, 0.15) is 23.6 Å². The Morgan fingerprint density at radius 1 is 1.40 bits per heavy atom. The van der Waals surface area contributed by atoms with Gasteiger partial charge in [0, 0.05) is 6.04 Å². The number of carbonyl (C=O) groups is 1. The smallest absolute Gasteiger partial charge is 0.320 e. The number of benzene rings is 1. The number of hydrogen-bond acceptors (Lipinski definition) is 5. The van der Waals surface area contributed by atoms with Crippen molar-refractivity contribution in [3.8, 4) is 0 Å². The molecule has 0 aliphatic heterocycles. The maximum Gasteiger partial charge on any atom is 0.320 e. The summed E-state index contributed by atoms with van der Waals surface area (Å²) in [6, 6.07) is 7.53. The van der Waals surface area contributed by atoms with Gasteiger partial charge in [0.1, 0.15) is 5.75 Å². The van der Waals surface area contributed by atoms with Crippen LogP contribution in [-0.4, -0.2) is 39.5 Å². The molecule has 1 N–H and O–H groups in total. The minimum absolute atomic E-state index is 0.283. The molecule has 1 aromatic rings. The number of sulfone groups is 1. The second-order valence-corrected chi connectivity index (χ2v) is 7.15. The summed E-state index contributed by atoms with van der Waals surface area (Å²) >= 11 is 0. The van der Waals surface area contributed by atoms with Crippen molar-refractivity contribution >= 4 is 15.8 Å². The van der Waals surface area contributed by atoms with Crippen LogP contribution in [0.2, 0.25) is 0 Å². The van der Waals surface area contributed by atoms with Gasteiger partial charge in [0.05, 0.1) is 12.4 Å². The monoisotopic (exact) mass is 297 g/mol. The number of fused-ring (bicyclic) bond motifs is 1. The summed E-state index contributed by atoms with van der Waals surface area (Å²) in [5, 5.41) is 2.48. The van der Waals surface area contributed by atoms with Crippen LogP contribution in [0.4, 0.5) is 0 Å². The Kier molecular flexibility index (Phi) is 4.45. The normalized spacial score (nSPS) is 22.1. The number of carbonyl (C=O) groups excluding carboxylic acids is 1. The van der Waals surface area contributed by atoms with E-state index < -0.39 is 26.8 Å². The topological polar surface area (TPSA) is 72.5 Å². The summed E-state index contributed by atoms with van der Waals surface area (Å²) in [6.45, 7) is 0. The second-order valence-electron chi connectivity index (χ2n) is 4.93. The minimum Gasteiger partial charge on any atom is -0.468 e. The van der Waals surface area contributed by atoms with Gasteiger partial charge in [-0.15, -0.1) is 0 Å². The van der Waals surface area contributed by atoms with E-state index in [1.54, 1.807) is 7.05 Å². The Balaban J connectivity index is 2.32. The molecule has 1 aliphatic carbocycles. The van der Waals surface area contributed by atoms with Crippen molar-refractivity contribution in [2.24, 2.45) is 0 Å². The standard InChI is InChI=1S/C14H19NO4S/c1-15-14-11-6-4-3-5-10(11)7-8-12(14)20(17,18)9-13(16)19-2/h3-6,12,14-15H,7-9H2,1-2H3. The summed E-state index contributed by atoms with van der Waals surface area (Å²) in [5.74, 6) is -1.27. The molecule has 0 heterocycles. The van der Waals surface area contributed by atoms with Gasteiger partial charge in [-0.3, -0.25) is 4.79 Å². The molecule has 0 aromatic heterocycles. The van der Waals surface area contributed by atoms with Crippen LogP contribution in [-0.2, 0) is 25.8 Å². The van der Waals surface area contributed by atoms with E-state index >= 15 is 0 Å². The molecule has 2 atom stereocenters. The van der Waals surface area contributed by atoms with Crippen molar-refractivity contribution in [2.45, 2.75) is 24.1 Å². The fraction of sp³-hybridized carbons (Fsp3) is 0.500. The third-order valence-corrected chi connectivity index (χ3v) is 5.85. The van der Waals surface area contributed by atoms with Crippen molar-refractivity contribution in [1.29, 1.82) is 0 Å². The first-order valence-corrected chi connectivity index (χ1v) is 8.24. The highest BCUT2D eigenvalue weighted by molar-refractivity contribution is 7.92. The van der Waals surface area contributed by atoms with Gasteiger partial charge in [-0.05, 0) is 31.0 Å². The molecule has 110 valence electrons. The van der Waals surface area contributed by atoms with Gasteiger partial charge < -0.3 is 10.1 Å². The lowest BCUT2D eigenvalue weighted by atomic mass is 9.87. The first kappa shape index (κ1) is 15.0. The maximum absolute atomic E-state index is 12.4. The van der Waals surface area contributed by atoms with Gasteiger partial charge in [0.15, 0.2) is 9.84 Å². The Bertz CT molecular complexity index is 597. The second kappa shape index (κ2) is 5.93. The molecule has 0 radical (unpaired) electrons. The third kappa shape index (κ3) is 2.86. The molecule has 1 aromatic carbocycles. The van der Waals surface area contributed by atoms with Crippen LogP contribution in [0, 0.1) is 0 Å². The van der Waals surface area contributed by atoms with Crippen LogP contribution in [0.15, 0.2) is 24.3 Å². The predicted octanol–water partition coefficient (Wildman–Crippen LogP) is 0.850. The number of esters is 1. The van der Waals surface area contributed by atoms with Gasteiger partial charge in [0.2, 0.25) is 0 Å². The Labute approximate surface area is 119 Å². The molecule has 0 amide bonds. The number of nitrogens with one attached hydrogen (secondary N) is 1. The van der Waals surface area contributed by atoms with Crippen LogP contribution in [0.5, 0.6) is 0 Å². The van der Waals surface area contributed by atoms with Crippen LogP contribution < -0.4 is 5.32 Å². The Hall–Kier alpha value is -1.40. The summed E-state index contributed by atoms with van der Waals surface area (Å²) in [4.78, 5) is 11.3. The van der Waals surface area contributed by atoms with Crippen molar-refractivity contribution in [1.82, 2.24) is 5.32 Å². The van der Waals surface area contributed by atoms with Crippen molar-refractivity contribution in [2.75, 3.05) is 19.9 Å². The fourth-order valence-corrected chi connectivity index (χ4v) is 4.62. The third-order valence-electron chi connectivity index (χ3n) is 3.78. The van der Waals surface area contributed by atoms with Crippen LogP contribution >= 0.6 is 0 Å². The summed E-state index contributed by atoms with van der Waals surface area (Å²) in [5.41, 5.74) is 2.16. The van der Waals surface area contributed by atoms with Gasteiger partial charge in [-0.1, -0.05) is 24.3 Å². The lowest BCUT2D eigenvalue weighted by molar-refractivity contribution is -0.137. The maximum atomic E-state index is 12.4. The van der Waals surface area contributed by atoms with Crippen LogP contribution in [0.3, 0.4) is 0 Å². The largest absolute Gasteiger partial charge is 0.468 e. The van der Waals surface area contributed by atoms with E-state index in [4.69, 9.17) is 0 Å². The van der Waals surface area contributed by atoms with E-state index in [0.29, 0.717) is 12.8 Å². The summed E-state index contributed by atoms with van der Waals surface area (Å²) in [6.07, 6.45) is 1.22. The number of hydrogen-bond donors (Lipinski definition) is 1. The van der Waals surface area contributed by atoms with Gasteiger partial charge in [-0.2, -0.15) is 0 Å². The van der Waals surface area contributed by atoms with Gasteiger partial charge >= 0.3 is 5.97 Å². The van der Waals surface area contributed by atoms with Crippen molar-refractivity contribution in [3.63, 3.8) is 0 Å².